The van der Waals surface area contributed by atoms with E-state index < -0.39 is 0 Å². The average molecular weight is 175 g/mol. The van der Waals surface area contributed by atoms with Gasteiger partial charge in [0.1, 0.15) is 12.5 Å². The van der Waals surface area contributed by atoms with Gasteiger partial charge in [-0.05, 0) is 12.1 Å². The van der Waals surface area contributed by atoms with E-state index in [4.69, 9.17) is 10.00 Å². The summed E-state index contributed by atoms with van der Waals surface area (Å²) in [5.41, 5.74) is 0.636. The van der Waals surface area contributed by atoms with Gasteiger partial charge >= 0.3 is 0 Å². The molecule has 1 aromatic rings. The van der Waals surface area contributed by atoms with E-state index in [0.717, 1.165) is 19.0 Å². The first-order chi connectivity index (χ1) is 6.40. The third-order valence-electron chi connectivity index (χ3n) is 1.95. The van der Waals surface area contributed by atoms with Crippen LogP contribution in [0.3, 0.4) is 0 Å². The van der Waals surface area contributed by atoms with Crippen LogP contribution in [0.4, 0.5) is 5.82 Å². The smallest absolute Gasteiger partial charge is 0.131 e. The number of nitriles is 1. The third-order valence-corrected chi connectivity index (χ3v) is 1.95. The second kappa shape index (κ2) is 3.42. The molecule has 2 heterocycles. The van der Waals surface area contributed by atoms with Crippen molar-refractivity contribution in [1.82, 2.24) is 4.98 Å². The van der Waals surface area contributed by atoms with E-state index in [1.807, 2.05) is 4.90 Å². The van der Waals surface area contributed by atoms with Crippen LogP contribution in [0.15, 0.2) is 18.3 Å². The maximum Gasteiger partial charge on any atom is 0.131 e. The molecule has 1 fully saturated rings. The summed E-state index contributed by atoms with van der Waals surface area (Å²) in [5, 5.41) is 8.68. The Morgan fingerprint density at radius 1 is 1.62 bits per heavy atom. The number of anilines is 1. The van der Waals surface area contributed by atoms with Crippen LogP contribution in [0.2, 0.25) is 0 Å². The molecule has 1 saturated heterocycles. The molecular weight excluding hydrogens is 166 g/mol. The molecule has 1 aromatic heterocycles. The van der Waals surface area contributed by atoms with Crippen LogP contribution in [0.1, 0.15) is 5.56 Å². The van der Waals surface area contributed by atoms with Gasteiger partial charge in [-0.2, -0.15) is 5.26 Å². The number of ether oxygens (including phenoxy) is 1. The Kier molecular flexibility index (Phi) is 2.11. The summed E-state index contributed by atoms with van der Waals surface area (Å²) in [4.78, 5) is 6.16. The van der Waals surface area contributed by atoms with Crippen molar-refractivity contribution in [3.05, 3.63) is 23.9 Å². The van der Waals surface area contributed by atoms with Gasteiger partial charge in [-0.3, -0.25) is 0 Å². The summed E-state index contributed by atoms with van der Waals surface area (Å²) in [5.74, 6) is 0.816. The van der Waals surface area contributed by atoms with E-state index in [9.17, 15) is 0 Å². The Morgan fingerprint density at radius 3 is 3.23 bits per heavy atom. The zero-order chi connectivity index (χ0) is 9.10. The first-order valence-corrected chi connectivity index (χ1v) is 4.09. The van der Waals surface area contributed by atoms with E-state index in [-0.39, 0.29) is 0 Å². The predicted molar refractivity (Wildman–Crippen MR) is 47.1 cm³/mol. The molecule has 1 aliphatic rings. The number of nitrogens with zero attached hydrogens (tertiary/aromatic N) is 3. The van der Waals surface area contributed by atoms with Crippen molar-refractivity contribution in [1.29, 1.82) is 5.26 Å². The van der Waals surface area contributed by atoms with Crippen molar-refractivity contribution in [2.24, 2.45) is 0 Å². The lowest BCUT2D eigenvalue weighted by Gasteiger charge is -2.13. The van der Waals surface area contributed by atoms with Crippen molar-refractivity contribution in [3.8, 4) is 6.07 Å². The van der Waals surface area contributed by atoms with E-state index in [1.165, 1.54) is 0 Å². The zero-order valence-corrected chi connectivity index (χ0v) is 7.10. The molecule has 66 valence electrons. The normalized spacial score (nSPS) is 15.8. The summed E-state index contributed by atoms with van der Waals surface area (Å²) >= 11 is 0. The minimum Gasteiger partial charge on any atom is -0.359 e. The number of hydrogen-bond acceptors (Lipinski definition) is 4. The van der Waals surface area contributed by atoms with Gasteiger partial charge in [-0.1, -0.05) is 0 Å². The lowest BCUT2D eigenvalue weighted by Crippen LogP contribution is -2.19. The molecule has 2 rings (SSSR count). The molecule has 0 bridgehead atoms. The number of aromatic nitrogens is 1. The van der Waals surface area contributed by atoms with Crippen LogP contribution in [0, 0.1) is 11.3 Å². The highest BCUT2D eigenvalue weighted by atomic mass is 16.5. The Labute approximate surface area is 76.4 Å². The van der Waals surface area contributed by atoms with E-state index in [1.54, 1.807) is 18.3 Å². The van der Waals surface area contributed by atoms with Crippen LogP contribution in [0.5, 0.6) is 0 Å². The Balaban J connectivity index is 2.25. The zero-order valence-electron chi connectivity index (χ0n) is 7.10. The van der Waals surface area contributed by atoms with E-state index in [2.05, 4.69) is 11.1 Å². The van der Waals surface area contributed by atoms with Gasteiger partial charge in [-0.25, -0.2) is 4.98 Å². The fourth-order valence-corrected chi connectivity index (χ4v) is 1.26. The highest BCUT2D eigenvalue weighted by molar-refractivity contribution is 5.44. The molecular formula is C9H9N3O. The molecule has 0 aromatic carbocycles. The van der Waals surface area contributed by atoms with Crippen LogP contribution in [-0.4, -0.2) is 24.9 Å². The van der Waals surface area contributed by atoms with Gasteiger partial charge in [-0.15, -0.1) is 0 Å². The SMILES string of the molecule is N#Cc1ccnc(N2CCOC2)c1. The number of rotatable bonds is 1. The average Bonchev–Trinajstić information content (AvgIpc) is 2.71. The van der Waals surface area contributed by atoms with Crippen molar-refractivity contribution in [3.63, 3.8) is 0 Å². The minimum atomic E-state index is 0.571. The summed E-state index contributed by atoms with van der Waals surface area (Å²) in [6, 6.07) is 5.55. The van der Waals surface area contributed by atoms with Crippen LogP contribution >= 0.6 is 0 Å². The number of hydrogen-bond donors (Lipinski definition) is 0. The Morgan fingerprint density at radius 2 is 2.54 bits per heavy atom. The molecule has 0 unspecified atom stereocenters. The maximum absolute atomic E-state index is 8.68. The van der Waals surface area contributed by atoms with Gasteiger partial charge in [0.25, 0.3) is 0 Å². The van der Waals surface area contributed by atoms with Crippen molar-refractivity contribution in [2.45, 2.75) is 0 Å². The van der Waals surface area contributed by atoms with Crippen LogP contribution in [0.25, 0.3) is 0 Å². The fraction of sp³-hybridized carbons (Fsp3) is 0.333. The molecule has 0 amide bonds. The topological polar surface area (TPSA) is 49.2 Å². The van der Waals surface area contributed by atoms with Crippen molar-refractivity contribution in [2.75, 3.05) is 24.8 Å². The molecule has 0 radical (unpaired) electrons. The molecule has 4 heteroatoms. The Hall–Kier alpha value is -1.60. The second-order valence-corrected chi connectivity index (χ2v) is 2.82. The molecule has 0 saturated carbocycles. The quantitative estimate of drug-likeness (QED) is 0.631. The highest BCUT2D eigenvalue weighted by Crippen LogP contribution is 2.14. The van der Waals surface area contributed by atoms with Gasteiger partial charge in [0.15, 0.2) is 0 Å². The lowest BCUT2D eigenvalue weighted by atomic mass is 10.3. The summed E-state index contributed by atoms with van der Waals surface area (Å²) in [7, 11) is 0. The number of pyridine rings is 1. The standard InChI is InChI=1S/C9H9N3O/c10-6-8-1-2-11-9(5-8)12-3-4-13-7-12/h1-2,5H,3-4,7H2. The summed E-state index contributed by atoms with van der Waals surface area (Å²) < 4.78 is 5.19. The molecule has 0 spiro atoms. The molecule has 0 N–H and O–H groups in total. The molecule has 0 aliphatic carbocycles. The van der Waals surface area contributed by atoms with Gasteiger partial charge in [0.05, 0.1) is 18.2 Å². The lowest BCUT2D eigenvalue weighted by molar-refractivity contribution is 0.201. The van der Waals surface area contributed by atoms with E-state index >= 15 is 0 Å². The van der Waals surface area contributed by atoms with Crippen LogP contribution < -0.4 is 4.90 Å². The minimum absolute atomic E-state index is 0.571. The van der Waals surface area contributed by atoms with Crippen LogP contribution in [-0.2, 0) is 4.74 Å². The highest BCUT2D eigenvalue weighted by Gasteiger charge is 2.13. The summed E-state index contributed by atoms with van der Waals surface area (Å²) in [6.07, 6.45) is 1.65. The first kappa shape index (κ1) is 8.02. The predicted octanol–water partition coefficient (Wildman–Crippen LogP) is 0.747. The summed E-state index contributed by atoms with van der Waals surface area (Å²) in [6.45, 7) is 2.15. The first-order valence-electron chi connectivity index (χ1n) is 4.09. The van der Waals surface area contributed by atoms with E-state index in [0.29, 0.717) is 12.3 Å². The monoisotopic (exact) mass is 175 g/mol. The fourth-order valence-electron chi connectivity index (χ4n) is 1.26. The van der Waals surface area contributed by atoms with Gasteiger partial charge in [0.2, 0.25) is 0 Å². The molecule has 1 aliphatic heterocycles. The van der Waals surface area contributed by atoms with Gasteiger partial charge in [0, 0.05) is 12.7 Å². The second-order valence-electron chi connectivity index (χ2n) is 2.82. The third kappa shape index (κ3) is 1.60. The van der Waals surface area contributed by atoms with Gasteiger partial charge < -0.3 is 9.64 Å². The van der Waals surface area contributed by atoms with Crippen molar-refractivity contribution >= 4 is 5.82 Å². The molecule has 4 nitrogen and oxygen atoms in total. The molecule has 0 atom stereocenters. The Bertz CT molecular complexity index is 339. The molecule has 13 heavy (non-hydrogen) atoms. The van der Waals surface area contributed by atoms with Crippen molar-refractivity contribution < 1.29 is 4.74 Å². The maximum atomic E-state index is 8.68. The largest absolute Gasteiger partial charge is 0.359 e.